The highest BCUT2D eigenvalue weighted by molar-refractivity contribution is 7.90. The molecule has 0 aliphatic rings. The normalized spacial score (nSPS) is 14.3. The zero-order valence-corrected chi connectivity index (χ0v) is 7.00. The van der Waals surface area contributed by atoms with E-state index in [1.165, 1.54) is 18.2 Å². The summed E-state index contributed by atoms with van der Waals surface area (Å²) < 4.78 is 29.5. The van der Waals surface area contributed by atoms with Crippen molar-refractivity contribution in [2.75, 3.05) is 6.54 Å². The molecule has 0 spiro atoms. The summed E-state index contributed by atoms with van der Waals surface area (Å²) in [4.78, 5) is -0.164. The zero-order chi connectivity index (χ0) is 8.91. The fourth-order valence-corrected chi connectivity index (χ4v) is 1.15. The predicted molar refractivity (Wildman–Crippen MR) is 43.5 cm³/mol. The molecule has 0 aromatic heterocycles. The summed E-state index contributed by atoms with van der Waals surface area (Å²) in [5.41, 5.74) is 5.07. The lowest BCUT2D eigenvalue weighted by Crippen LogP contribution is -2.03. The molecule has 0 aliphatic heterocycles. The van der Waals surface area contributed by atoms with Crippen molar-refractivity contribution in [1.82, 2.24) is 0 Å². The quantitative estimate of drug-likeness (QED) is 0.479. The molecule has 0 aromatic rings. The van der Waals surface area contributed by atoms with Gasteiger partial charge in [0.25, 0.3) is 10.1 Å². The molecule has 4 nitrogen and oxygen atoms in total. The molecule has 0 saturated carbocycles. The fourth-order valence-electron chi connectivity index (χ4n) is 0.540. The van der Waals surface area contributed by atoms with Crippen molar-refractivity contribution >= 4 is 10.1 Å². The number of nitrogens with two attached hydrogens (primary N) is 1. The van der Waals surface area contributed by atoms with Gasteiger partial charge in [-0.1, -0.05) is 6.08 Å². The first-order chi connectivity index (χ1) is 5.02. The summed E-state index contributed by atoms with van der Waals surface area (Å²) in [6, 6.07) is 0. The Bertz CT molecular complexity index is 264. The predicted octanol–water partition coefficient (Wildman–Crippen LogP) is 0.293. The van der Waals surface area contributed by atoms with Crippen LogP contribution >= 0.6 is 0 Å². The molecule has 5 heteroatoms. The third kappa shape index (κ3) is 3.92. The first-order valence-electron chi connectivity index (χ1n) is 3.02. The molecule has 0 bridgehead atoms. The molecule has 0 rings (SSSR count). The fraction of sp³-hybridized carbons (Fsp3) is 0.333. The maximum Gasteiger partial charge on any atom is 0.294 e. The van der Waals surface area contributed by atoms with E-state index in [9.17, 15) is 8.42 Å². The van der Waals surface area contributed by atoms with Gasteiger partial charge in [0.05, 0.1) is 4.91 Å². The highest BCUT2D eigenvalue weighted by Gasteiger charge is 2.07. The largest absolute Gasteiger partial charge is 0.327 e. The van der Waals surface area contributed by atoms with E-state index in [2.05, 4.69) is 0 Å². The van der Waals surface area contributed by atoms with Crippen LogP contribution in [-0.2, 0) is 10.1 Å². The number of allylic oxidation sites excluding steroid dienone is 2. The number of hydrogen-bond donors (Lipinski definition) is 2. The molecular weight excluding hydrogens is 166 g/mol. The molecule has 64 valence electrons. The van der Waals surface area contributed by atoms with Gasteiger partial charge in [-0.25, -0.2) is 0 Å². The molecule has 3 N–H and O–H groups in total. The molecule has 0 radical (unpaired) electrons. The highest BCUT2D eigenvalue weighted by Crippen LogP contribution is 2.04. The Balaban J connectivity index is 4.78. The lowest BCUT2D eigenvalue weighted by molar-refractivity contribution is 0.492. The third-order valence-corrected chi connectivity index (χ3v) is 1.85. The second-order valence-corrected chi connectivity index (χ2v) is 3.24. The topological polar surface area (TPSA) is 80.4 Å². The van der Waals surface area contributed by atoms with Crippen LogP contribution in [0.1, 0.15) is 6.92 Å². The second-order valence-electron chi connectivity index (χ2n) is 1.82. The van der Waals surface area contributed by atoms with Crippen molar-refractivity contribution in [1.29, 1.82) is 0 Å². The lowest BCUT2D eigenvalue weighted by Gasteiger charge is -1.94. The Kier molecular flexibility index (Phi) is 4.02. The van der Waals surface area contributed by atoms with E-state index in [-0.39, 0.29) is 11.4 Å². The summed E-state index contributed by atoms with van der Waals surface area (Å²) in [6.45, 7) is 1.73. The van der Waals surface area contributed by atoms with Crippen LogP contribution in [0.25, 0.3) is 0 Å². The maximum absolute atomic E-state index is 10.5. The summed E-state index contributed by atoms with van der Waals surface area (Å²) in [5, 5.41) is 0. The van der Waals surface area contributed by atoms with Gasteiger partial charge >= 0.3 is 0 Å². The zero-order valence-electron chi connectivity index (χ0n) is 6.19. The molecular formula is C6H11NO3S. The van der Waals surface area contributed by atoms with E-state index in [4.69, 9.17) is 10.3 Å². The molecule has 0 amide bonds. The van der Waals surface area contributed by atoms with Gasteiger partial charge in [-0.3, -0.25) is 4.55 Å². The van der Waals surface area contributed by atoms with Crippen molar-refractivity contribution in [3.05, 3.63) is 23.1 Å². The SMILES string of the molecule is C/C=C\C(=C/CN)S(=O)(=O)O. The molecule has 0 aliphatic carbocycles. The molecule has 11 heavy (non-hydrogen) atoms. The minimum absolute atomic E-state index is 0.0828. The van der Waals surface area contributed by atoms with Crippen LogP contribution in [0.5, 0.6) is 0 Å². The van der Waals surface area contributed by atoms with Gasteiger partial charge in [0.15, 0.2) is 0 Å². The highest BCUT2D eigenvalue weighted by atomic mass is 32.2. The first-order valence-corrected chi connectivity index (χ1v) is 4.46. The molecule has 0 fully saturated rings. The second kappa shape index (κ2) is 4.27. The Labute approximate surface area is 66.2 Å². The van der Waals surface area contributed by atoms with Crippen LogP contribution in [0, 0.1) is 0 Å². The van der Waals surface area contributed by atoms with Crippen molar-refractivity contribution < 1.29 is 13.0 Å². The van der Waals surface area contributed by atoms with E-state index in [1.807, 2.05) is 0 Å². The average Bonchev–Trinajstić information content (AvgIpc) is 1.85. The maximum atomic E-state index is 10.5. The summed E-state index contributed by atoms with van der Waals surface area (Å²) >= 11 is 0. The van der Waals surface area contributed by atoms with E-state index in [0.717, 1.165) is 0 Å². The monoisotopic (exact) mass is 177 g/mol. The van der Waals surface area contributed by atoms with Crippen LogP contribution in [0.2, 0.25) is 0 Å². The van der Waals surface area contributed by atoms with E-state index in [1.54, 1.807) is 6.92 Å². The molecule has 0 saturated heterocycles. The Morgan fingerprint density at radius 2 is 2.18 bits per heavy atom. The van der Waals surface area contributed by atoms with Crippen LogP contribution in [0.15, 0.2) is 23.1 Å². The smallest absolute Gasteiger partial charge is 0.294 e. The summed E-state index contributed by atoms with van der Waals surface area (Å²) in [7, 11) is -4.09. The summed E-state index contributed by atoms with van der Waals surface area (Å²) in [6.07, 6.45) is 4.02. The van der Waals surface area contributed by atoms with Crippen LogP contribution in [0.3, 0.4) is 0 Å². The third-order valence-electron chi connectivity index (χ3n) is 0.948. The van der Waals surface area contributed by atoms with Gasteiger partial charge in [-0.2, -0.15) is 8.42 Å². The van der Waals surface area contributed by atoms with Gasteiger partial charge in [-0.05, 0) is 19.1 Å². The van der Waals surface area contributed by atoms with Gasteiger partial charge in [0.2, 0.25) is 0 Å². The van der Waals surface area contributed by atoms with Gasteiger partial charge in [0, 0.05) is 6.54 Å². The molecule has 0 unspecified atom stereocenters. The van der Waals surface area contributed by atoms with E-state index in [0.29, 0.717) is 0 Å². The molecule has 0 aromatic carbocycles. The summed E-state index contributed by atoms with van der Waals surface area (Å²) in [5.74, 6) is 0. The van der Waals surface area contributed by atoms with E-state index >= 15 is 0 Å². The minimum atomic E-state index is -4.09. The Morgan fingerprint density at radius 3 is 2.45 bits per heavy atom. The standard InChI is InChI=1S/C6H11NO3S/c1-2-3-6(4-5-7)11(8,9)10/h2-4H,5,7H2,1H3,(H,8,9,10)/b3-2-,6-4+. The first kappa shape index (κ1) is 10.3. The molecule has 0 atom stereocenters. The average molecular weight is 177 g/mol. The van der Waals surface area contributed by atoms with Gasteiger partial charge in [-0.15, -0.1) is 0 Å². The van der Waals surface area contributed by atoms with Crippen LogP contribution in [-0.4, -0.2) is 19.5 Å². The van der Waals surface area contributed by atoms with Crippen molar-refractivity contribution in [3.63, 3.8) is 0 Å². The lowest BCUT2D eigenvalue weighted by atomic mass is 10.4. The Morgan fingerprint density at radius 1 is 1.64 bits per heavy atom. The Hall–Kier alpha value is -0.650. The van der Waals surface area contributed by atoms with Gasteiger partial charge in [0.1, 0.15) is 0 Å². The minimum Gasteiger partial charge on any atom is -0.327 e. The van der Waals surface area contributed by atoms with Crippen LogP contribution in [0.4, 0.5) is 0 Å². The van der Waals surface area contributed by atoms with Crippen molar-refractivity contribution in [2.45, 2.75) is 6.92 Å². The number of hydrogen-bond acceptors (Lipinski definition) is 3. The van der Waals surface area contributed by atoms with Gasteiger partial charge < -0.3 is 5.73 Å². The number of rotatable bonds is 3. The van der Waals surface area contributed by atoms with E-state index < -0.39 is 10.1 Å². The van der Waals surface area contributed by atoms with Crippen molar-refractivity contribution in [2.24, 2.45) is 5.73 Å². The van der Waals surface area contributed by atoms with Crippen LogP contribution < -0.4 is 5.73 Å². The van der Waals surface area contributed by atoms with Crippen molar-refractivity contribution in [3.8, 4) is 0 Å². The molecule has 0 heterocycles.